The van der Waals surface area contributed by atoms with Gasteiger partial charge in [-0.15, -0.1) is 11.8 Å². The topological polar surface area (TPSA) is 70.2 Å². The first-order valence-corrected chi connectivity index (χ1v) is 9.24. The summed E-state index contributed by atoms with van der Waals surface area (Å²) in [6.45, 7) is 2.74. The van der Waals surface area contributed by atoms with Crippen molar-refractivity contribution in [1.29, 1.82) is 0 Å². The van der Waals surface area contributed by atoms with Crippen LogP contribution in [0.5, 0.6) is 0 Å². The van der Waals surface area contributed by atoms with E-state index in [-0.39, 0.29) is 24.8 Å². The van der Waals surface area contributed by atoms with Gasteiger partial charge in [0.1, 0.15) is 5.82 Å². The second-order valence-electron chi connectivity index (χ2n) is 5.67. The van der Waals surface area contributed by atoms with Crippen molar-refractivity contribution in [3.05, 3.63) is 65.5 Å². The van der Waals surface area contributed by atoms with Crippen molar-refractivity contribution in [1.82, 2.24) is 16.0 Å². The van der Waals surface area contributed by atoms with E-state index in [1.807, 2.05) is 6.92 Å². The van der Waals surface area contributed by atoms with E-state index in [0.29, 0.717) is 6.54 Å². The number of carbonyl (C=O) groups excluding carboxylic acids is 2. The molecule has 0 saturated carbocycles. The van der Waals surface area contributed by atoms with E-state index in [1.54, 1.807) is 23.9 Å². The highest BCUT2D eigenvalue weighted by atomic mass is 32.2. The summed E-state index contributed by atoms with van der Waals surface area (Å²) in [4.78, 5) is 24.5. The van der Waals surface area contributed by atoms with E-state index in [4.69, 9.17) is 0 Å². The zero-order chi connectivity index (χ0) is 18.8. The minimum atomic E-state index is -0.446. The summed E-state index contributed by atoms with van der Waals surface area (Å²) in [5.41, 5.74) is 1.99. The minimum absolute atomic E-state index is 0.0928. The van der Waals surface area contributed by atoms with Gasteiger partial charge in [-0.05, 0) is 36.8 Å². The predicted octanol–water partition coefficient (Wildman–Crippen LogP) is 2.84. The zero-order valence-electron chi connectivity index (χ0n) is 14.5. The Morgan fingerprint density at radius 1 is 0.962 bits per heavy atom. The Kier molecular flexibility index (Phi) is 7.95. The largest absolute Gasteiger partial charge is 0.354 e. The molecule has 0 aliphatic carbocycles. The summed E-state index contributed by atoms with van der Waals surface area (Å²) in [6, 6.07) is 13.6. The average Bonchev–Trinajstić information content (AvgIpc) is 2.64. The third kappa shape index (κ3) is 7.57. The second kappa shape index (κ2) is 10.5. The maximum absolute atomic E-state index is 12.8. The molecule has 0 aliphatic heterocycles. The van der Waals surface area contributed by atoms with E-state index in [0.717, 1.165) is 16.2 Å². The van der Waals surface area contributed by atoms with Crippen LogP contribution in [0.4, 0.5) is 9.18 Å². The number of thioether (sulfide) groups is 1. The molecule has 0 spiro atoms. The molecule has 0 aliphatic rings. The predicted molar refractivity (Wildman–Crippen MR) is 102 cm³/mol. The van der Waals surface area contributed by atoms with Crippen LogP contribution in [0.15, 0.2) is 53.4 Å². The lowest BCUT2D eigenvalue weighted by atomic mass is 10.2. The average molecular weight is 375 g/mol. The van der Waals surface area contributed by atoms with E-state index in [2.05, 4.69) is 40.2 Å². The van der Waals surface area contributed by atoms with Gasteiger partial charge in [-0.3, -0.25) is 4.79 Å². The molecule has 0 atom stereocenters. The number of aryl methyl sites for hydroxylation is 1. The molecule has 7 heteroatoms. The fourth-order valence-electron chi connectivity index (χ4n) is 2.06. The molecule has 0 fully saturated rings. The highest BCUT2D eigenvalue weighted by Crippen LogP contribution is 2.17. The van der Waals surface area contributed by atoms with E-state index in [1.165, 1.54) is 17.7 Å². The number of hydrogen-bond acceptors (Lipinski definition) is 3. The van der Waals surface area contributed by atoms with Crippen molar-refractivity contribution < 1.29 is 14.0 Å². The van der Waals surface area contributed by atoms with Crippen LogP contribution in [0.3, 0.4) is 0 Å². The van der Waals surface area contributed by atoms with Gasteiger partial charge in [0.05, 0.1) is 6.54 Å². The molecule has 2 aromatic rings. The third-order valence-electron chi connectivity index (χ3n) is 3.49. The van der Waals surface area contributed by atoms with Crippen molar-refractivity contribution in [3.63, 3.8) is 0 Å². The molecule has 2 rings (SSSR count). The minimum Gasteiger partial charge on any atom is -0.354 e. The Morgan fingerprint density at radius 3 is 2.35 bits per heavy atom. The smallest absolute Gasteiger partial charge is 0.315 e. The highest BCUT2D eigenvalue weighted by Gasteiger charge is 2.05. The van der Waals surface area contributed by atoms with Crippen LogP contribution in [0.25, 0.3) is 0 Å². The lowest BCUT2D eigenvalue weighted by Gasteiger charge is -2.08. The molecular weight excluding hydrogens is 353 g/mol. The number of amides is 3. The molecule has 3 N–H and O–H groups in total. The molecule has 0 bridgehead atoms. The Balaban J connectivity index is 1.55. The summed E-state index contributed by atoms with van der Waals surface area (Å²) in [7, 11) is 0. The molecular formula is C19H22FN3O2S. The van der Waals surface area contributed by atoms with Gasteiger partial charge in [0.25, 0.3) is 0 Å². The number of rotatable bonds is 8. The maximum atomic E-state index is 12.8. The van der Waals surface area contributed by atoms with Gasteiger partial charge in [-0.2, -0.15) is 0 Å². The number of benzene rings is 2. The van der Waals surface area contributed by atoms with Crippen molar-refractivity contribution >= 4 is 23.7 Å². The van der Waals surface area contributed by atoms with E-state index in [9.17, 15) is 14.0 Å². The molecule has 3 amide bonds. The van der Waals surface area contributed by atoms with Crippen LogP contribution in [0.2, 0.25) is 0 Å². The number of carbonyl (C=O) groups is 2. The van der Waals surface area contributed by atoms with Gasteiger partial charge in [-0.25, -0.2) is 9.18 Å². The third-order valence-corrected chi connectivity index (χ3v) is 4.50. The summed E-state index contributed by atoms with van der Waals surface area (Å²) in [5, 5.41) is 7.85. The zero-order valence-corrected chi connectivity index (χ0v) is 15.4. The summed E-state index contributed by atoms with van der Waals surface area (Å²) in [6.07, 6.45) is 0. The van der Waals surface area contributed by atoms with Gasteiger partial charge < -0.3 is 16.0 Å². The van der Waals surface area contributed by atoms with Crippen molar-refractivity contribution in [2.45, 2.75) is 18.4 Å². The SMILES string of the molecule is Cc1ccc(SCCNC(=O)CNC(=O)NCc2ccc(F)cc2)cc1. The van der Waals surface area contributed by atoms with Gasteiger partial charge in [-0.1, -0.05) is 29.8 Å². The summed E-state index contributed by atoms with van der Waals surface area (Å²) >= 11 is 1.66. The molecule has 0 saturated heterocycles. The molecule has 0 radical (unpaired) electrons. The first-order valence-electron chi connectivity index (χ1n) is 8.25. The van der Waals surface area contributed by atoms with Crippen LogP contribution in [0, 0.1) is 12.7 Å². The molecule has 5 nitrogen and oxygen atoms in total. The molecule has 0 unspecified atom stereocenters. The normalized spacial score (nSPS) is 10.2. The molecule has 138 valence electrons. The monoisotopic (exact) mass is 375 g/mol. The Bertz CT molecular complexity index is 721. The van der Waals surface area contributed by atoms with Crippen molar-refractivity contribution in [2.75, 3.05) is 18.8 Å². The number of urea groups is 1. The number of halogens is 1. The van der Waals surface area contributed by atoms with Crippen molar-refractivity contribution in [2.24, 2.45) is 0 Å². The Labute approximate surface area is 156 Å². The fraction of sp³-hybridized carbons (Fsp3) is 0.263. The van der Waals surface area contributed by atoms with Gasteiger partial charge in [0.2, 0.25) is 5.91 Å². The van der Waals surface area contributed by atoms with E-state index < -0.39 is 6.03 Å². The molecule has 26 heavy (non-hydrogen) atoms. The summed E-state index contributed by atoms with van der Waals surface area (Å²) < 4.78 is 12.8. The van der Waals surface area contributed by atoms with Crippen LogP contribution in [-0.4, -0.2) is 30.8 Å². The number of hydrogen-bond donors (Lipinski definition) is 3. The lowest BCUT2D eigenvalue weighted by Crippen LogP contribution is -2.42. The van der Waals surface area contributed by atoms with Gasteiger partial charge in [0.15, 0.2) is 0 Å². The quantitative estimate of drug-likeness (QED) is 0.491. The fourth-order valence-corrected chi connectivity index (χ4v) is 2.83. The molecule has 0 heterocycles. The summed E-state index contributed by atoms with van der Waals surface area (Å²) in [5.74, 6) is 0.188. The van der Waals surface area contributed by atoms with E-state index >= 15 is 0 Å². The highest BCUT2D eigenvalue weighted by molar-refractivity contribution is 7.99. The van der Waals surface area contributed by atoms with Crippen LogP contribution in [-0.2, 0) is 11.3 Å². The first kappa shape index (κ1) is 19.8. The first-order chi connectivity index (χ1) is 12.5. The maximum Gasteiger partial charge on any atom is 0.315 e. The molecule has 0 aromatic heterocycles. The lowest BCUT2D eigenvalue weighted by molar-refractivity contribution is -0.119. The van der Waals surface area contributed by atoms with Crippen LogP contribution in [0.1, 0.15) is 11.1 Å². The standard InChI is InChI=1S/C19H22FN3O2S/c1-14-2-8-17(9-3-14)26-11-10-21-18(24)13-23-19(25)22-12-15-4-6-16(20)7-5-15/h2-9H,10-13H2,1H3,(H,21,24)(H2,22,23,25). The Morgan fingerprint density at radius 2 is 1.65 bits per heavy atom. The van der Waals surface area contributed by atoms with Gasteiger partial charge in [0, 0.05) is 23.7 Å². The molecule has 2 aromatic carbocycles. The number of nitrogens with one attached hydrogen (secondary N) is 3. The van der Waals surface area contributed by atoms with Crippen LogP contribution < -0.4 is 16.0 Å². The van der Waals surface area contributed by atoms with Gasteiger partial charge >= 0.3 is 6.03 Å². The second-order valence-corrected chi connectivity index (χ2v) is 6.84. The van der Waals surface area contributed by atoms with Crippen molar-refractivity contribution in [3.8, 4) is 0 Å². The van der Waals surface area contributed by atoms with Crippen LogP contribution >= 0.6 is 11.8 Å². The Hall–Kier alpha value is -2.54.